The zero-order valence-corrected chi connectivity index (χ0v) is 13.9. The smallest absolute Gasteiger partial charge is 0.410 e. The number of hydrogen-bond acceptors (Lipinski definition) is 7. The Hall–Kier alpha value is -2.16. The Morgan fingerprint density at radius 3 is 2.29 bits per heavy atom. The quantitative estimate of drug-likeness (QED) is 0.256. The molecule has 134 valence electrons. The lowest BCUT2D eigenvalue weighted by Gasteiger charge is -2.14. The first kappa shape index (κ1) is 19.9. The average molecular weight is 338 g/mol. The summed E-state index contributed by atoms with van der Waals surface area (Å²) in [5.41, 5.74) is 5.75. The summed E-state index contributed by atoms with van der Waals surface area (Å²) >= 11 is 0. The van der Waals surface area contributed by atoms with Gasteiger partial charge in [0.15, 0.2) is 0 Å². The first-order valence-corrected chi connectivity index (χ1v) is 7.95. The molecule has 0 aliphatic rings. The van der Waals surface area contributed by atoms with Crippen LogP contribution in [0.25, 0.3) is 0 Å². The second kappa shape index (κ2) is 12.3. The van der Waals surface area contributed by atoms with E-state index in [1.165, 1.54) is 6.92 Å². The molecule has 1 aromatic rings. The van der Waals surface area contributed by atoms with Gasteiger partial charge in [0.05, 0.1) is 5.56 Å². The van der Waals surface area contributed by atoms with Crippen LogP contribution in [0.5, 0.6) is 0 Å². The van der Waals surface area contributed by atoms with E-state index >= 15 is 0 Å². The summed E-state index contributed by atoms with van der Waals surface area (Å²) in [7, 11) is 0. The van der Waals surface area contributed by atoms with E-state index < -0.39 is 18.4 Å². The zero-order chi connectivity index (χ0) is 17.6. The molecule has 0 aliphatic carbocycles. The maximum atomic E-state index is 11.8. The Balaban J connectivity index is 2.08. The number of carbonyl (C=O) groups excluding carboxylic acids is 2. The molecule has 0 saturated heterocycles. The lowest BCUT2D eigenvalue weighted by Crippen LogP contribution is -2.37. The maximum absolute atomic E-state index is 11.8. The average Bonchev–Trinajstić information content (AvgIpc) is 2.58. The summed E-state index contributed by atoms with van der Waals surface area (Å²) in [4.78, 5) is 23.4. The van der Waals surface area contributed by atoms with Crippen molar-refractivity contribution in [2.45, 2.75) is 13.2 Å². The minimum absolute atomic E-state index is 0.404. The molecule has 0 aliphatic heterocycles. The van der Waals surface area contributed by atoms with Gasteiger partial charge in [-0.25, -0.2) is 9.59 Å². The molecule has 0 unspecified atom stereocenters. The SMILES string of the molecule is C[C@@H](OC(=O)NCCNCCNCCN)OC(=O)c1ccccc1. The molecule has 0 spiro atoms. The van der Waals surface area contributed by atoms with Crippen molar-refractivity contribution in [3.63, 3.8) is 0 Å². The van der Waals surface area contributed by atoms with Gasteiger partial charge in [-0.05, 0) is 12.1 Å². The third kappa shape index (κ3) is 9.09. The van der Waals surface area contributed by atoms with Crippen LogP contribution in [0, 0.1) is 0 Å². The van der Waals surface area contributed by atoms with Gasteiger partial charge in [-0.3, -0.25) is 0 Å². The number of esters is 1. The normalized spacial score (nSPS) is 11.6. The molecule has 0 saturated carbocycles. The van der Waals surface area contributed by atoms with Crippen LogP contribution in [-0.2, 0) is 9.47 Å². The van der Waals surface area contributed by atoms with Gasteiger partial charge in [-0.2, -0.15) is 0 Å². The molecule has 24 heavy (non-hydrogen) atoms. The summed E-state index contributed by atoms with van der Waals surface area (Å²) in [6.07, 6.45) is -1.60. The fourth-order valence-corrected chi connectivity index (χ4v) is 1.79. The standard InChI is InChI=1S/C16H26N4O4/c1-13(23-15(21)14-5-3-2-4-6-14)24-16(22)20-12-11-19-10-9-18-8-7-17/h2-6,13,18-19H,7-12,17H2,1H3,(H,20,22)/t13-/m1/s1. The van der Waals surface area contributed by atoms with Crippen LogP contribution in [0.15, 0.2) is 30.3 Å². The number of rotatable bonds is 11. The van der Waals surface area contributed by atoms with Crippen LogP contribution >= 0.6 is 0 Å². The largest absolute Gasteiger partial charge is 0.422 e. The molecule has 8 heteroatoms. The van der Waals surface area contributed by atoms with E-state index in [-0.39, 0.29) is 0 Å². The number of amides is 1. The number of nitrogens with one attached hydrogen (secondary N) is 3. The highest BCUT2D eigenvalue weighted by molar-refractivity contribution is 5.89. The van der Waals surface area contributed by atoms with Gasteiger partial charge < -0.3 is 31.2 Å². The number of hydrogen-bond donors (Lipinski definition) is 4. The molecule has 1 amide bonds. The van der Waals surface area contributed by atoms with Crippen molar-refractivity contribution in [2.75, 3.05) is 39.3 Å². The summed E-state index contributed by atoms with van der Waals surface area (Å²) < 4.78 is 9.99. The highest BCUT2D eigenvalue weighted by Gasteiger charge is 2.14. The number of nitrogens with two attached hydrogens (primary N) is 1. The molecule has 0 heterocycles. The Bertz CT molecular complexity index is 484. The molecular weight excluding hydrogens is 312 g/mol. The molecule has 0 aromatic heterocycles. The third-order valence-corrected chi connectivity index (χ3v) is 2.93. The molecular formula is C16H26N4O4. The van der Waals surface area contributed by atoms with Crippen molar-refractivity contribution in [3.05, 3.63) is 35.9 Å². The van der Waals surface area contributed by atoms with E-state index in [1.807, 2.05) is 0 Å². The molecule has 1 atom stereocenters. The van der Waals surface area contributed by atoms with Crippen LogP contribution in [0.1, 0.15) is 17.3 Å². The van der Waals surface area contributed by atoms with Crippen LogP contribution in [0.2, 0.25) is 0 Å². The van der Waals surface area contributed by atoms with Crippen LogP contribution in [0.4, 0.5) is 4.79 Å². The van der Waals surface area contributed by atoms with Crippen molar-refractivity contribution in [2.24, 2.45) is 5.73 Å². The van der Waals surface area contributed by atoms with Gasteiger partial charge in [-0.1, -0.05) is 18.2 Å². The molecule has 5 N–H and O–H groups in total. The first-order chi connectivity index (χ1) is 11.6. The molecule has 0 radical (unpaired) electrons. The van der Waals surface area contributed by atoms with Gasteiger partial charge in [0.1, 0.15) is 0 Å². The van der Waals surface area contributed by atoms with Crippen molar-refractivity contribution in [1.82, 2.24) is 16.0 Å². The Kier molecular flexibility index (Phi) is 10.2. The summed E-state index contributed by atoms with van der Waals surface area (Å²) in [5.74, 6) is -0.539. The van der Waals surface area contributed by atoms with Crippen LogP contribution in [-0.4, -0.2) is 57.6 Å². The van der Waals surface area contributed by atoms with E-state index in [0.29, 0.717) is 25.2 Å². The number of alkyl carbamates (subject to hydrolysis) is 1. The van der Waals surface area contributed by atoms with Gasteiger partial charge >= 0.3 is 12.1 Å². The molecule has 8 nitrogen and oxygen atoms in total. The monoisotopic (exact) mass is 338 g/mol. The van der Waals surface area contributed by atoms with Gasteiger partial charge in [0.25, 0.3) is 0 Å². The number of carbonyl (C=O) groups is 2. The second-order valence-corrected chi connectivity index (χ2v) is 4.96. The maximum Gasteiger partial charge on any atom is 0.410 e. The summed E-state index contributed by atoms with van der Waals surface area (Å²) in [6.45, 7) is 5.50. The lowest BCUT2D eigenvalue weighted by molar-refractivity contribution is -0.0600. The Labute approximate surface area is 142 Å². The summed E-state index contributed by atoms with van der Waals surface area (Å²) in [6, 6.07) is 8.51. The highest BCUT2D eigenvalue weighted by Crippen LogP contribution is 2.04. The van der Waals surface area contributed by atoms with E-state index in [4.69, 9.17) is 15.2 Å². The Morgan fingerprint density at radius 2 is 1.62 bits per heavy atom. The summed E-state index contributed by atoms with van der Waals surface area (Å²) in [5, 5.41) is 8.87. The second-order valence-electron chi connectivity index (χ2n) is 4.96. The van der Waals surface area contributed by atoms with E-state index in [2.05, 4.69) is 16.0 Å². The van der Waals surface area contributed by atoms with Crippen molar-refractivity contribution in [1.29, 1.82) is 0 Å². The van der Waals surface area contributed by atoms with Gasteiger partial charge in [0.2, 0.25) is 6.29 Å². The number of ether oxygens (including phenoxy) is 2. The molecule has 0 fully saturated rings. The minimum atomic E-state index is -0.967. The highest BCUT2D eigenvalue weighted by atomic mass is 16.7. The topological polar surface area (TPSA) is 115 Å². The van der Waals surface area contributed by atoms with Crippen molar-refractivity contribution < 1.29 is 19.1 Å². The molecule has 1 aromatic carbocycles. The predicted octanol–water partition coefficient (Wildman–Crippen LogP) is 0.0535. The van der Waals surface area contributed by atoms with Gasteiger partial charge in [0, 0.05) is 46.2 Å². The van der Waals surface area contributed by atoms with E-state index in [1.54, 1.807) is 30.3 Å². The fourth-order valence-electron chi connectivity index (χ4n) is 1.79. The lowest BCUT2D eigenvalue weighted by atomic mass is 10.2. The van der Waals surface area contributed by atoms with E-state index in [0.717, 1.165) is 19.6 Å². The predicted molar refractivity (Wildman–Crippen MR) is 90.6 cm³/mol. The number of benzene rings is 1. The van der Waals surface area contributed by atoms with Crippen molar-refractivity contribution >= 4 is 12.1 Å². The molecule has 0 bridgehead atoms. The first-order valence-electron chi connectivity index (χ1n) is 7.95. The fraction of sp³-hybridized carbons (Fsp3) is 0.500. The minimum Gasteiger partial charge on any atom is -0.422 e. The van der Waals surface area contributed by atoms with Crippen LogP contribution in [0.3, 0.4) is 0 Å². The van der Waals surface area contributed by atoms with Crippen LogP contribution < -0.4 is 21.7 Å². The van der Waals surface area contributed by atoms with E-state index in [9.17, 15) is 9.59 Å². The molecule has 1 rings (SSSR count). The Morgan fingerprint density at radius 1 is 1.00 bits per heavy atom. The van der Waals surface area contributed by atoms with Crippen molar-refractivity contribution in [3.8, 4) is 0 Å². The van der Waals surface area contributed by atoms with Gasteiger partial charge in [-0.15, -0.1) is 0 Å². The third-order valence-electron chi connectivity index (χ3n) is 2.93. The zero-order valence-electron chi connectivity index (χ0n) is 13.9.